The molecule has 5 rings (SSSR count). The molecule has 1 aromatic heterocycles. The van der Waals surface area contributed by atoms with E-state index in [4.69, 9.17) is 0 Å². The highest BCUT2D eigenvalue weighted by molar-refractivity contribution is 7.88. The van der Waals surface area contributed by atoms with Crippen LogP contribution in [0.4, 0.5) is 4.39 Å². The molecule has 174 valence electrons. The maximum atomic E-state index is 14.5. The van der Waals surface area contributed by atoms with Crippen molar-refractivity contribution < 1.29 is 17.6 Å². The first kappa shape index (κ1) is 22.4. The number of nitrogens with zero attached hydrogens (tertiary/aromatic N) is 4. The fraction of sp³-hybridized carbons (Fsp3) is 0.320. The van der Waals surface area contributed by atoms with Crippen LogP contribution in [0, 0.1) is 17.1 Å². The van der Waals surface area contributed by atoms with Gasteiger partial charge in [0.2, 0.25) is 10.0 Å². The first-order valence-corrected chi connectivity index (χ1v) is 12.9. The van der Waals surface area contributed by atoms with E-state index < -0.39 is 21.3 Å². The van der Waals surface area contributed by atoms with Crippen LogP contribution >= 0.6 is 0 Å². The molecule has 0 unspecified atom stereocenters. The summed E-state index contributed by atoms with van der Waals surface area (Å²) in [6.07, 6.45) is 4.22. The number of sulfonamides is 1. The highest BCUT2D eigenvalue weighted by Gasteiger charge is 2.44. The van der Waals surface area contributed by atoms with Crippen LogP contribution in [0.5, 0.6) is 0 Å². The minimum atomic E-state index is -3.32. The van der Waals surface area contributed by atoms with Gasteiger partial charge in [0, 0.05) is 43.3 Å². The van der Waals surface area contributed by atoms with Crippen LogP contribution < -0.4 is 0 Å². The Labute approximate surface area is 197 Å². The number of carbonyl (C=O) groups excluding carboxylic acids is 1. The number of nitriles is 1. The molecule has 1 saturated heterocycles. The summed E-state index contributed by atoms with van der Waals surface area (Å²) in [5.74, 6) is -0.751. The molecule has 0 N–H and O–H groups in total. The van der Waals surface area contributed by atoms with Crippen molar-refractivity contribution in [3.8, 4) is 17.2 Å². The van der Waals surface area contributed by atoms with E-state index in [1.54, 1.807) is 17.0 Å². The lowest BCUT2D eigenvalue weighted by Crippen LogP contribution is -2.50. The summed E-state index contributed by atoms with van der Waals surface area (Å²) in [6, 6.07) is 14.6. The molecule has 2 heterocycles. The average Bonchev–Trinajstić information content (AvgIpc) is 3.64. The Bertz CT molecular complexity index is 1440. The van der Waals surface area contributed by atoms with E-state index in [0.29, 0.717) is 16.5 Å². The molecule has 1 saturated carbocycles. The average molecular weight is 479 g/mol. The van der Waals surface area contributed by atoms with Crippen LogP contribution in [0.2, 0.25) is 0 Å². The molecule has 9 heteroatoms. The first-order valence-electron chi connectivity index (χ1n) is 11.1. The predicted molar refractivity (Wildman–Crippen MR) is 126 cm³/mol. The number of para-hydroxylation sites is 1. The lowest BCUT2D eigenvalue weighted by molar-refractivity contribution is 0.0699. The van der Waals surface area contributed by atoms with Crippen LogP contribution in [-0.2, 0) is 15.4 Å². The predicted octanol–water partition coefficient (Wildman–Crippen LogP) is 3.31. The standard InChI is InChI=1S/C25H23FN4O3S/c1-34(32,33)30-13-11-29(12-14-30)24(31)20-15-28-23-19(3-2-4-21(23)26)22(20)17-5-7-18(8-6-17)25(16-27)9-10-25/h2-8,15H,9-14H2,1H3. The van der Waals surface area contributed by atoms with Gasteiger partial charge in [-0.2, -0.15) is 9.57 Å². The van der Waals surface area contributed by atoms with Crippen LogP contribution in [0.1, 0.15) is 28.8 Å². The molecule has 3 aromatic rings. The Hall–Kier alpha value is -3.35. The van der Waals surface area contributed by atoms with E-state index >= 15 is 0 Å². The molecule has 2 aromatic carbocycles. The van der Waals surface area contributed by atoms with E-state index in [1.807, 2.05) is 24.3 Å². The van der Waals surface area contributed by atoms with Gasteiger partial charge in [0.15, 0.2) is 0 Å². The molecule has 2 fully saturated rings. The third-order valence-corrected chi connectivity index (χ3v) is 8.07. The van der Waals surface area contributed by atoms with Crippen molar-refractivity contribution in [3.63, 3.8) is 0 Å². The Kier molecular flexibility index (Phi) is 5.38. The van der Waals surface area contributed by atoms with Crippen molar-refractivity contribution in [1.29, 1.82) is 5.26 Å². The van der Waals surface area contributed by atoms with E-state index in [2.05, 4.69) is 11.1 Å². The summed E-state index contributed by atoms with van der Waals surface area (Å²) in [6.45, 7) is 0.966. The first-order chi connectivity index (χ1) is 16.2. The fourth-order valence-corrected chi connectivity index (χ4v) is 5.43. The maximum absolute atomic E-state index is 14.5. The van der Waals surface area contributed by atoms with Gasteiger partial charge in [-0.05, 0) is 30.0 Å². The molecular formula is C25H23FN4O3S. The number of fused-ring (bicyclic) bond motifs is 1. The smallest absolute Gasteiger partial charge is 0.256 e. The van der Waals surface area contributed by atoms with Gasteiger partial charge in [0.05, 0.1) is 23.3 Å². The molecule has 2 aliphatic rings. The highest BCUT2D eigenvalue weighted by atomic mass is 32.2. The molecule has 1 amide bonds. The molecule has 0 spiro atoms. The van der Waals surface area contributed by atoms with Crippen LogP contribution in [-0.4, -0.2) is 60.9 Å². The summed E-state index contributed by atoms with van der Waals surface area (Å²) in [5, 5.41) is 10.0. The normalized spacial score (nSPS) is 18.0. The largest absolute Gasteiger partial charge is 0.336 e. The Morgan fingerprint density at radius 1 is 1.09 bits per heavy atom. The Morgan fingerprint density at radius 2 is 1.76 bits per heavy atom. The van der Waals surface area contributed by atoms with E-state index in [-0.39, 0.29) is 37.6 Å². The zero-order chi connectivity index (χ0) is 24.1. The highest BCUT2D eigenvalue weighted by Crippen LogP contribution is 2.48. The monoisotopic (exact) mass is 478 g/mol. The van der Waals surface area contributed by atoms with Gasteiger partial charge in [-0.1, -0.05) is 36.4 Å². The number of aromatic nitrogens is 1. The van der Waals surface area contributed by atoms with E-state index in [0.717, 1.165) is 30.2 Å². The second-order valence-electron chi connectivity index (χ2n) is 8.91. The topological polar surface area (TPSA) is 94.4 Å². The minimum absolute atomic E-state index is 0.177. The number of benzene rings is 2. The number of hydrogen-bond donors (Lipinski definition) is 0. The number of carbonyl (C=O) groups is 1. The second kappa shape index (κ2) is 8.15. The molecule has 0 radical (unpaired) electrons. The molecule has 1 aliphatic carbocycles. The summed E-state index contributed by atoms with van der Waals surface area (Å²) >= 11 is 0. The summed E-state index contributed by atoms with van der Waals surface area (Å²) in [4.78, 5) is 19.4. The van der Waals surface area contributed by atoms with Crippen molar-refractivity contribution in [3.05, 3.63) is 65.6 Å². The molecule has 1 aliphatic heterocycles. The number of pyridine rings is 1. The Balaban J connectivity index is 1.56. The number of amides is 1. The number of halogens is 1. The molecule has 0 bridgehead atoms. The van der Waals surface area contributed by atoms with Crippen LogP contribution in [0.3, 0.4) is 0 Å². The summed E-state index contributed by atoms with van der Waals surface area (Å²) in [7, 11) is -3.32. The number of rotatable bonds is 4. The number of piperazine rings is 1. The van der Waals surface area contributed by atoms with Gasteiger partial charge in [-0.3, -0.25) is 9.78 Å². The molecule has 7 nitrogen and oxygen atoms in total. The quantitative estimate of drug-likeness (QED) is 0.573. The van der Waals surface area contributed by atoms with Gasteiger partial charge in [0.25, 0.3) is 5.91 Å². The maximum Gasteiger partial charge on any atom is 0.256 e. The summed E-state index contributed by atoms with van der Waals surface area (Å²) in [5.41, 5.74) is 2.33. The van der Waals surface area contributed by atoms with Crippen molar-refractivity contribution in [2.75, 3.05) is 32.4 Å². The Morgan fingerprint density at radius 3 is 2.35 bits per heavy atom. The fourth-order valence-electron chi connectivity index (χ4n) is 4.60. The van der Waals surface area contributed by atoms with Gasteiger partial charge in [-0.25, -0.2) is 12.8 Å². The van der Waals surface area contributed by atoms with Crippen molar-refractivity contribution >= 4 is 26.8 Å². The molecular weight excluding hydrogens is 455 g/mol. The van der Waals surface area contributed by atoms with Crippen molar-refractivity contribution in [1.82, 2.24) is 14.2 Å². The van der Waals surface area contributed by atoms with E-state index in [1.165, 1.54) is 16.6 Å². The molecule has 34 heavy (non-hydrogen) atoms. The lowest BCUT2D eigenvalue weighted by atomic mass is 9.91. The van der Waals surface area contributed by atoms with Gasteiger partial charge in [-0.15, -0.1) is 0 Å². The van der Waals surface area contributed by atoms with Crippen molar-refractivity contribution in [2.45, 2.75) is 18.3 Å². The van der Waals surface area contributed by atoms with Gasteiger partial charge < -0.3 is 4.90 Å². The minimum Gasteiger partial charge on any atom is -0.336 e. The van der Waals surface area contributed by atoms with E-state index in [9.17, 15) is 22.9 Å². The van der Waals surface area contributed by atoms with Gasteiger partial charge in [0.1, 0.15) is 11.3 Å². The zero-order valence-corrected chi connectivity index (χ0v) is 19.5. The van der Waals surface area contributed by atoms with Crippen LogP contribution in [0.15, 0.2) is 48.7 Å². The third-order valence-electron chi connectivity index (χ3n) is 6.76. The number of hydrogen-bond acceptors (Lipinski definition) is 5. The lowest BCUT2D eigenvalue weighted by Gasteiger charge is -2.33. The molecule has 0 atom stereocenters. The summed E-state index contributed by atoms with van der Waals surface area (Å²) < 4.78 is 39.6. The zero-order valence-electron chi connectivity index (χ0n) is 18.7. The third kappa shape index (κ3) is 3.83. The van der Waals surface area contributed by atoms with Gasteiger partial charge >= 0.3 is 0 Å². The SMILES string of the molecule is CS(=O)(=O)N1CCN(C(=O)c2cnc3c(F)cccc3c2-c2ccc(C3(C#N)CC3)cc2)CC1. The van der Waals surface area contributed by atoms with Crippen molar-refractivity contribution in [2.24, 2.45) is 0 Å². The second-order valence-corrected chi connectivity index (χ2v) is 10.9. The van der Waals surface area contributed by atoms with Crippen LogP contribution in [0.25, 0.3) is 22.0 Å².